The van der Waals surface area contributed by atoms with E-state index >= 15 is 0 Å². The van der Waals surface area contributed by atoms with Gasteiger partial charge < -0.3 is 13.8 Å². The second-order valence-electron chi connectivity index (χ2n) is 7.16. The van der Waals surface area contributed by atoms with Gasteiger partial charge in [-0.15, -0.1) is 0 Å². The number of aliphatic hydroxyl groups is 1. The van der Waals surface area contributed by atoms with Crippen LogP contribution >= 0.6 is 0 Å². The molecule has 0 aromatic heterocycles. The summed E-state index contributed by atoms with van der Waals surface area (Å²) in [7, 11) is -4.77. The van der Waals surface area contributed by atoms with Crippen molar-refractivity contribution in [1.82, 2.24) is 0 Å². The zero-order valence-electron chi connectivity index (χ0n) is 14.4. The zero-order valence-corrected chi connectivity index (χ0v) is 17.2. The molecule has 3 atom stereocenters. The quantitative estimate of drug-likeness (QED) is 0.452. The van der Waals surface area contributed by atoms with E-state index in [1.807, 2.05) is 12.1 Å². The van der Waals surface area contributed by atoms with Crippen LogP contribution in [0.4, 0.5) is 0 Å². The van der Waals surface area contributed by atoms with Crippen molar-refractivity contribution in [2.75, 3.05) is 0 Å². The average Bonchev–Trinajstić information content (AvgIpc) is 2.81. The normalized spacial score (nSPS) is 28.1. The fraction of sp³-hybridized carbons (Fsp3) is 0.444. The number of hydrogen-bond donors (Lipinski definition) is 1. The standard InChI is InChI=1S/C18H20O5S.Na/c1-18-9-8-14-13-5-3-12(23-24(20,21)22)10-11(13)2-4-15(14)16(18)6-7-17(18)19;/h2-5,10,16-17,19H,6-9H2,1H3,(H,20,21,22);/q;+1/p-1. The van der Waals surface area contributed by atoms with Crippen LogP contribution in [0.5, 0.6) is 5.75 Å². The number of rotatable bonds is 2. The summed E-state index contributed by atoms with van der Waals surface area (Å²) in [5.74, 6) is 0.396. The van der Waals surface area contributed by atoms with Crippen LogP contribution < -0.4 is 33.7 Å². The largest absolute Gasteiger partial charge is 1.00 e. The van der Waals surface area contributed by atoms with Crippen molar-refractivity contribution in [3.05, 3.63) is 41.5 Å². The third-order valence-electron chi connectivity index (χ3n) is 5.91. The van der Waals surface area contributed by atoms with Gasteiger partial charge in [-0.3, -0.25) is 0 Å². The van der Waals surface area contributed by atoms with Crippen molar-refractivity contribution in [2.45, 2.75) is 44.6 Å². The molecule has 0 spiro atoms. The Balaban J connectivity index is 0.00000182. The minimum atomic E-state index is -4.77. The first kappa shape index (κ1) is 19.1. The van der Waals surface area contributed by atoms with Gasteiger partial charge in [-0.2, -0.15) is 0 Å². The number of aryl methyl sites for hydroxylation is 1. The molecule has 1 N–H and O–H groups in total. The summed E-state index contributed by atoms with van der Waals surface area (Å²) in [5, 5.41) is 12.3. The number of hydrogen-bond acceptors (Lipinski definition) is 5. The molecule has 2 aliphatic carbocycles. The summed E-state index contributed by atoms with van der Waals surface area (Å²) in [6.07, 6.45) is 3.41. The number of aliphatic hydroxyl groups excluding tert-OH is 1. The molecule has 4 rings (SSSR count). The summed E-state index contributed by atoms with van der Waals surface area (Å²) >= 11 is 0. The van der Waals surface area contributed by atoms with E-state index in [1.165, 1.54) is 17.2 Å². The number of benzene rings is 2. The van der Waals surface area contributed by atoms with E-state index in [4.69, 9.17) is 0 Å². The average molecular weight is 370 g/mol. The molecule has 0 bridgehead atoms. The smallest absolute Gasteiger partial charge is 0.716 e. The minimum Gasteiger partial charge on any atom is -0.716 e. The van der Waals surface area contributed by atoms with Crippen molar-refractivity contribution in [3.8, 4) is 5.75 Å². The fourth-order valence-corrected chi connectivity index (χ4v) is 4.97. The monoisotopic (exact) mass is 370 g/mol. The van der Waals surface area contributed by atoms with Gasteiger partial charge in [-0.25, -0.2) is 8.42 Å². The molecule has 128 valence electrons. The van der Waals surface area contributed by atoms with Crippen LogP contribution in [0.2, 0.25) is 0 Å². The van der Waals surface area contributed by atoms with Gasteiger partial charge in [0, 0.05) is 5.41 Å². The van der Waals surface area contributed by atoms with Gasteiger partial charge in [0.25, 0.3) is 10.4 Å². The van der Waals surface area contributed by atoms with Crippen molar-refractivity contribution in [1.29, 1.82) is 0 Å². The van der Waals surface area contributed by atoms with E-state index in [0.29, 0.717) is 5.92 Å². The Hall–Kier alpha value is -0.630. The Bertz CT molecular complexity index is 926. The van der Waals surface area contributed by atoms with Gasteiger partial charge in [0.2, 0.25) is 0 Å². The van der Waals surface area contributed by atoms with E-state index < -0.39 is 10.4 Å². The first-order valence-corrected chi connectivity index (χ1v) is 9.50. The van der Waals surface area contributed by atoms with E-state index in [1.54, 1.807) is 6.07 Å². The van der Waals surface area contributed by atoms with Gasteiger partial charge in [0.15, 0.2) is 0 Å². The maximum absolute atomic E-state index is 10.8. The van der Waals surface area contributed by atoms with E-state index in [9.17, 15) is 18.1 Å². The Morgan fingerprint density at radius 1 is 1.24 bits per heavy atom. The molecular formula is C18H19NaO5S. The van der Waals surface area contributed by atoms with Gasteiger partial charge in [-0.05, 0) is 65.6 Å². The van der Waals surface area contributed by atoms with Crippen LogP contribution in [0.3, 0.4) is 0 Å². The first-order chi connectivity index (χ1) is 11.3. The zero-order chi connectivity index (χ0) is 17.1. The van der Waals surface area contributed by atoms with Crippen LogP contribution in [0.15, 0.2) is 30.3 Å². The third-order valence-corrected chi connectivity index (χ3v) is 6.31. The molecule has 2 aromatic carbocycles. The van der Waals surface area contributed by atoms with Crippen molar-refractivity contribution >= 4 is 21.2 Å². The maximum Gasteiger partial charge on any atom is 1.00 e. The van der Waals surface area contributed by atoms with Gasteiger partial charge in [0.05, 0.1) is 6.10 Å². The van der Waals surface area contributed by atoms with Crippen molar-refractivity contribution in [3.63, 3.8) is 0 Å². The summed E-state index contributed by atoms with van der Waals surface area (Å²) in [4.78, 5) is 0. The molecule has 5 nitrogen and oxygen atoms in total. The first-order valence-electron chi connectivity index (χ1n) is 8.17. The Morgan fingerprint density at radius 2 is 2.00 bits per heavy atom. The third kappa shape index (κ3) is 3.24. The van der Waals surface area contributed by atoms with Crippen LogP contribution in [-0.2, 0) is 16.8 Å². The van der Waals surface area contributed by atoms with Crippen molar-refractivity contribution < 1.29 is 51.8 Å². The van der Waals surface area contributed by atoms with Crippen LogP contribution in [0, 0.1) is 5.41 Å². The van der Waals surface area contributed by atoms with Crippen LogP contribution in [0.25, 0.3) is 10.8 Å². The molecule has 2 aromatic rings. The Labute approximate surface area is 169 Å². The van der Waals surface area contributed by atoms with E-state index in [0.717, 1.165) is 36.5 Å². The molecule has 2 aliphatic rings. The summed E-state index contributed by atoms with van der Waals surface area (Å²) in [6, 6.07) is 8.95. The minimum absolute atomic E-state index is 0. The topological polar surface area (TPSA) is 86.7 Å². The second kappa shape index (κ2) is 6.51. The van der Waals surface area contributed by atoms with Crippen LogP contribution in [-0.4, -0.2) is 24.2 Å². The number of fused-ring (bicyclic) bond motifs is 5. The Kier molecular flexibility index (Phi) is 4.99. The summed E-state index contributed by atoms with van der Waals surface area (Å²) < 4.78 is 36.7. The molecule has 25 heavy (non-hydrogen) atoms. The SMILES string of the molecule is CC12CCc3c(ccc4cc(OS(=O)(=O)[O-])ccc34)C1CCC2O.[Na+]. The fourth-order valence-electron chi connectivity index (χ4n) is 4.63. The van der Waals surface area contributed by atoms with Gasteiger partial charge in [-0.1, -0.05) is 25.1 Å². The summed E-state index contributed by atoms with van der Waals surface area (Å²) in [5.41, 5.74) is 2.50. The molecule has 1 saturated carbocycles. The maximum atomic E-state index is 10.8. The second-order valence-corrected chi connectivity index (χ2v) is 8.14. The molecule has 7 heteroatoms. The molecule has 3 unspecified atom stereocenters. The molecule has 0 heterocycles. The predicted octanol–water partition coefficient (Wildman–Crippen LogP) is -0.126. The molecule has 0 saturated heterocycles. The van der Waals surface area contributed by atoms with Crippen LogP contribution in [0.1, 0.15) is 43.2 Å². The predicted molar refractivity (Wildman–Crippen MR) is 88.7 cm³/mol. The molecule has 0 radical (unpaired) electrons. The Morgan fingerprint density at radius 3 is 2.72 bits per heavy atom. The van der Waals surface area contributed by atoms with E-state index in [-0.39, 0.29) is 46.8 Å². The van der Waals surface area contributed by atoms with E-state index in [2.05, 4.69) is 17.2 Å². The molecule has 0 aliphatic heterocycles. The summed E-state index contributed by atoms with van der Waals surface area (Å²) in [6.45, 7) is 2.18. The molecule has 0 amide bonds. The van der Waals surface area contributed by atoms with Crippen molar-refractivity contribution in [2.24, 2.45) is 5.41 Å². The molecule has 1 fully saturated rings. The van der Waals surface area contributed by atoms with Gasteiger partial charge in [0.1, 0.15) is 5.75 Å². The van der Waals surface area contributed by atoms with Gasteiger partial charge >= 0.3 is 29.6 Å². The molecular weight excluding hydrogens is 351 g/mol.